The molecule has 0 aliphatic rings. The van der Waals surface area contributed by atoms with Crippen molar-refractivity contribution < 1.29 is 33.3 Å². The second-order valence-electron chi connectivity index (χ2n) is 7.17. The summed E-state index contributed by atoms with van der Waals surface area (Å²) in [5.41, 5.74) is 1.39. The van der Waals surface area contributed by atoms with Crippen molar-refractivity contribution in [3.8, 4) is 17.2 Å². The van der Waals surface area contributed by atoms with Gasteiger partial charge in [-0.2, -0.15) is 0 Å². The number of amides is 2. The number of rotatable bonds is 11. The van der Waals surface area contributed by atoms with E-state index in [1.807, 2.05) is 6.92 Å². The van der Waals surface area contributed by atoms with E-state index in [9.17, 15) is 14.4 Å². The van der Waals surface area contributed by atoms with Gasteiger partial charge in [-0.05, 0) is 67.6 Å². The normalized spacial score (nSPS) is 10.1. The highest BCUT2D eigenvalue weighted by Crippen LogP contribution is 2.18. The molecule has 0 saturated heterocycles. The number of nitrogens with one attached hydrogen (secondary N) is 2. The number of carbonyl (C=O) groups excluding carboxylic acids is 3. The molecule has 0 aromatic heterocycles. The molecule has 182 valence electrons. The lowest BCUT2D eigenvalue weighted by Gasteiger charge is -2.10. The van der Waals surface area contributed by atoms with Gasteiger partial charge in [-0.1, -0.05) is 6.07 Å². The fourth-order valence-electron chi connectivity index (χ4n) is 2.95. The second kappa shape index (κ2) is 12.6. The summed E-state index contributed by atoms with van der Waals surface area (Å²) in [6, 6.07) is 19.9. The first-order valence-electron chi connectivity index (χ1n) is 10.8. The van der Waals surface area contributed by atoms with Gasteiger partial charge in [0.05, 0.1) is 19.3 Å². The maximum absolute atomic E-state index is 12.2. The summed E-state index contributed by atoms with van der Waals surface area (Å²) in [6.45, 7) is 1.78. The van der Waals surface area contributed by atoms with E-state index in [2.05, 4.69) is 10.6 Å². The molecule has 2 N–H and O–H groups in total. The topological polar surface area (TPSA) is 112 Å². The monoisotopic (exact) mass is 478 g/mol. The molecule has 0 aliphatic carbocycles. The van der Waals surface area contributed by atoms with Gasteiger partial charge in [-0.25, -0.2) is 4.79 Å². The lowest BCUT2D eigenvalue weighted by molar-refractivity contribution is -0.119. The standard InChI is InChI=1S/C26H26N2O7/c1-3-33-21-13-9-19(10-14-21)27-25(30)17-35-26(31)18-7-11-22(12-8-18)34-16-24(29)28-20-5-4-6-23(15-20)32-2/h4-15H,3,16-17H2,1-2H3,(H,27,30)(H,28,29). The number of ether oxygens (including phenoxy) is 4. The van der Waals surface area contributed by atoms with Crippen LogP contribution in [0.1, 0.15) is 17.3 Å². The number of benzene rings is 3. The number of carbonyl (C=O) groups is 3. The Morgan fingerprint density at radius 1 is 0.714 bits per heavy atom. The van der Waals surface area contributed by atoms with Gasteiger partial charge in [0.1, 0.15) is 17.2 Å². The molecule has 3 rings (SSSR count). The van der Waals surface area contributed by atoms with E-state index < -0.39 is 18.5 Å². The summed E-state index contributed by atoms with van der Waals surface area (Å²) in [4.78, 5) is 36.4. The molecule has 35 heavy (non-hydrogen) atoms. The van der Waals surface area contributed by atoms with Crippen molar-refractivity contribution >= 4 is 29.2 Å². The molecule has 9 nitrogen and oxygen atoms in total. The van der Waals surface area contributed by atoms with Crippen LogP contribution in [0.15, 0.2) is 72.8 Å². The molecule has 0 bridgehead atoms. The van der Waals surface area contributed by atoms with Crippen molar-refractivity contribution in [2.24, 2.45) is 0 Å². The smallest absolute Gasteiger partial charge is 0.338 e. The molecule has 0 heterocycles. The first-order chi connectivity index (χ1) is 17.0. The van der Waals surface area contributed by atoms with Crippen molar-refractivity contribution in [3.05, 3.63) is 78.4 Å². The molecule has 0 saturated carbocycles. The summed E-state index contributed by atoms with van der Waals surface area (Å²) in [5.74, 6) is 0.247. The fraction of sp³-hybridized carbons (Fsp3) is 0.192. The van der Waals surface area contributed by atoms with Crippen molar-refractivity contribution in [1.29, 1.82) is 0 Å². The largest absolute Gasteiger partial charge is 0.497 e. The van der Waals surface area contributed by atoms with Gasteiger partial charge in [0.2, 0.25) is 0 Å². The average molecular weight is 479 g/mol. The van der Waals surface area contributed by atoms with E-state index in [4.69, 9.17) is 18.9 Å². The van der Waals surface area contributed by atoms with Crippen LogP contribution >= 0.6 is 0 Å². The van der Waals surface area contributed by atoms with E-state index in [-0.39, 0.29) is 18.1 Å². The minimum atomic E-state index is -0.658. The van der Waals surface area contributed by atoms with Crippen molar-refractivity contribution in [2.75, 3.05) is 37.6 Å². The third-order valence-corrected chi connectivity index (χ3v) is 4.60. The van der Waals surface area contributed by atoms with E-state index in [1.54, 1.807) is 55.6 Å². The van der Waals surface area contributed by atoms with Gasteiger partial charge < -0.3 is 29.6 Å². The number of hydrogen-bond donors (Lipinski definition) is 2. The van der Waals surface area contributed by atoms with E-state index in [1.165, 1.54) is 24.3 Å². The maximum atomic E-state index is 12.2. The Morgan fingerprint density at radius 3 is 2.03 bits per heavy atom. The fourth-order valence-corrected chi connectivity index (χ4v) is 2.95. The summed E-state index contributed by atoms with van der Waals surface area (Å²) in [7, 11) is 1.54. The van der Waals surface area contributed by atoms with Gasteiger partial charge in [0, 0.05) is 17.4 Å². The number of hydrogen-bond acceptors (Lipinski definition) is 7. The maximum Gasteiger partial charge on any atom is 0.338 e. The summed E-state index contributed by atoms with van der Waals surface area (Å²) >= 11 is 0. The third kappa shape index (κ3) is 8.08. The lowest BCUT2D eigenvalue weighted by atomic mass is 10.2. The predicted octanol–water partition coefficient (Wildman–Crippen LogP) is 3.91. The van der Waals surface area contributed by atoms with Crippen LogP contribution in [0.25, 0.3) is 0 Å². The molecule has 0 atom stereocenters. The zero-order valence-electron chi connectivity index (χ0n) is 19.4. The van der Waals surface area contributed by atoms with E-state index >= 15 is 0 Å². The minimum absolute atomic E-state index is 0.216. The zero-order valence-corrected chi connectivity index (χ0v) is 19.4. The second-order valence-corrected chi connectivity index (χ2v) is 7.17. The van der Waals surface area contributed by atoms with Crippen LogP contribution in [0, 0.1) is 0 Å². The Labute approximate surface area is 203 Å². The van der Waals surface area contributed by atoms with Crippen molar-refractivity contribution in [1.82, 2.24) is 0 Å². The zero-order chi connectivity index (χ0) is 25.0. The summed E-state index contributed by atoms with van der Waals surface area (Å²) < 4.78 is 21.0. The van der Waals surface area contributed by atoms with Gasteiger partial charge >= 0.3 is 5.97 Å². The van der Waals surface area contributed by atoms with Crippen LogP contribution in [-0.4, -0.2) is 44.7 Å². The van der Waals surface area contributed by atoms with Crippen LogP contribution in [0.2, 0.25) is 0 Å². The first kappa shape index (κ1) is 25.1. The molecule has 2 amide bonds. The van der Waals surface area contributed by atoms with Gasteiger partial charge in [-0.15, -0.1) is 0 Å². The highest BCUT2D eigenvalue weighted by Gasteiger charge is 2.11. The Hall–Kier alpha value is -4.53. The lowest BCUT2D eigenvalue weighted by Crippen LogP contribution is -2.21. The van der Waals surface area contributed by atoms with Gasteiger partial charge in [0.15, 0.2) is 13.2 Å². The van der Waals surface area contributed by atoms with Crippen LogP contribution in [-0.2, 0) is 14.3 Å². The Bertz CT molecular complexity index is 1150. The minimum Gasteiger partial charge on any atom is -0.497 e. The predicted molar refractivity (Wildman–Crippen MR) is 130 cm³/mol. The first-order valence-corrected chi connectivity index (χ1v) is 10.8. The Balaban J connectivity index is 1.41. The molecule has 9 heteroatoms. The molecule has 0 fully saturated rings. The van der Waals surface area contributed by atoms with Crippen molar-refractivity contribution in [3.63, 3.8) is 0 Å². The summed E-state index contributed by atoms with van der Waals surface area (Å²) in [6.07, 6.45) is 0. The van der Waals surface area contributed by atoms with Crippen LogP contribution in [0.4, 0.5) is 11.4 Å². The third-order valence-electron chi connectivity index (χ3n) is 4.60. The van der Waals surface area contributed by atoms with Crippen LogP contribution in [0.5, 0.6) is 17.2 Å². The van der Waals surface area contributed by atoms with Crippen molar-refractivity contribution in [2.45, 2.75) is 6.92 Å². The Kier molecular flexibility index (Phi) is 9.07. The number of methoxy groups -OCH3 is 1. The molecule has 3 aromatic carbocycles. The molecule has 0 spiro atoms. The van der Waals surface area contributed by atoms with Gasteiger partial charge in [-0.3, -0.25) is 9.59 Å². The number of esters is 1. The van der Waals surface area contributed by atoms with Crippen LogP contribution in [0.3, 0.4) is 0 Å². The van der Waals surface area contributed by atoms with Crippen LogP contribution < -0.4 is 24.8 Å². The average Bonchev–Trinajstić information content (AvgIpc) is 2.88. The Morgan fingerprint density at radius 2 is 1.34 bits per heavy atom. The molecule has 0 aliphatic heterocycles. The van der Waals surface area contributed by atoms with E-state index in [0.717, 1.165) is 0 Å². The summed E-state index contributed by atoms with van der Waals surface area (Å²) in [5, 5.41) is 5.35. The molecular weight excluding hydrogens is 452 g/mol. The highest BCUT2D eigenvalue weighted by atomic mass is 16.5. The SMILES string of the molecule is CCOc1ccc(NC(=O)COC(=O)c2ccc(OCC(=O)Nc3cccc(OC)c3)cc2)cc1. The molecular formula is C26H26N2O7. The van der Waals surface area contributed by atoms with E-state index in [0.29, 0.717) is 35.2 Å². The molecule has 3 aromatic rings. The quantitative estimate of drug-likeness (QED) is 0.402. The number of anilines is 2. The molecule has 0 radical (unpaired) electrons. The van der Waals surface area contributed by atoms with Gasteiger partial charge in [0.25, 0.3) is 11.8 Å². The molecule has 0 unspecified atom stereocenters. The highest BCUT2D eigenvalue weighted by molar-refractivity contribution is 5.95.